The van der Waals surface area contributed by atoms with E-state index in [9.17, 15) is 0 Å². The van der Waals surface area contributed by atoms with Gasteiger partial charge in [0.25, 0.3) is 0 Å². The Kier molecular flexibility index (Phi) is 4.85. The van der Waals surface area contributed by atoms with Crippen molar-refractivity contribution in [2.75, 3.05) is 25.6 Å². The fourth-order valence-electron chi connectivity index (χ4n) is 1.85. The Morgan fingerprint density at radius 1 is 1.35 bits per heavy atom. The minimum Gasteiger partial charge on any atom is -0.376 e. The number of benzene rings is 1. The predicted molar refractivity (Wildman–Crippen MR) is 83.6 cm³/mol. The van der Waals surface area contributed by atoms with Crippen molar-refractivity contribution in [3.63, 3.8) is 0 Å². The van der Waals surface area contributed by atoms with E-state index in [0.717, 1.165) is 19.7 Å². The molecule has 2 heterocycles. The van der Waals surface area contributed by atoms with Crippen LogP contribution in [0, 0.1) is 3.95 Å². The maximum atomic E-state index is 5.62. The molecule has 1 aromatic heterocycles. The van der Waals surface area contributed by atoms with Crippen molar-refractivity contribution in [1.29, 1.82) is 0 Å². The lowest BCUT2D eigenvalue weighted by atomic mass is 10.3. The van der Waals surface area contributed by atoms with Crippen LogP contribution in [0.5, 0.6) is 0 Å². The van der Waals surface area contributed by atoms with Gasteiger partial charge in [-0.2, -0.15) is 0 Å². The summed E-state index contributed by atoms with van der Waals surface area (Å²) in [4.78, 5) is 0. The van der Waals surface area contributed by atoms with E-state index < -0.39 is 0 Å². The molecule has 2 aromatic rings. The summed E-state index contributed by atoms with van der Waals surface area (Å²) in [6.45, 7) is 2.04. The summed E-state index contributed by atoms with van der Waals surface area (Å²) in [7, 11) is 0. The Bertz CT molecular complexity index is 606. The van der Waals surface area contributed by atoms with Gasteiger partial charge in [-0.15, -0.1) is 5.10 Å². The van der Waals surface area contributed by atoms with Crippen molar-refractivity contribution in [3.05, 3.63) is 34.3 Å². The van der Waals surface area contributed by atoms with Crippen molar-refractivity contribution in [3.8, 4) is 5.69 Å². The van der Waals surface area contributed by atoms with Crippen molar-refractivity contribution in [2.45, 2.75) is 10.4 Å². The quantitative estimate of drug-likeness (QED) is 0.637. The average molecular weight is 326 g/mol. The molecule has 1 atom stereocenters. The standard InChI is InChI=1S/C13H14N2O2S3/c18-13-15(10-4-2-1-3-5-10)14-12(20-13)19-9-11-8-16-6-7-17-11/h1-5,11H,6-9H2/t11-/m1/s1. The zero-order valence-corrected chi connectivity index (χ0v) is 13.2. The van der Waals surface area contributed by atoms with E-state index in [-0.39, 0.29) is 6.10 Å². The van der Waals surface area contributed by atoms with Gasteiger partial charge in [-0.25, -0.2) is 4.68 Å². The van der Waals surface area contributed by atoms with Crippen molar-refractivity contribution in [1.82, 2.24) is 9.78 Å². The molecule has 1 saturated heterocycles. The highest BCUT2D eigenvalue weighted by atomic mass is 32.2. The maximum Gasteiger partial charge on any atom is 0.184 e. The van der Waals surface area contributed by atoms with Crippen LogP contribution < -0.4 is 0 Å². The van der Waals surface area contributed by atoms with Crippen LogP contribution in [0.2, 0.25) is 0 Å². The summed E-state index contributed by atoms with van der Waals surface area (Å²) in [5.74, 6) is 0.844. The number of nitrogens with zero attached hydrogens (tertiary/aromatic N) is 2. The topological polar surface area (TPSA) is 36.3 Å². The Labute approximate surface area is 130 Å². The number of ether oxygens (including phenoxy) is 2. The van der Waals surface area contributed by atoms with Crippen LogP contribution in [-0.2, 0) is 9.47 Å². The minimum atomic E-state index is 0.149. The monoisotopic (exact) mass is 326 g/mol. The van der Waals surface area contributed by atoms with E-state index in [2.05, 4.69) is 5.10 Å². The molecule has 0 amide bonds. The Morgan fingerprint density at radius 3 is 2.95 bits per heavy atom. The van der Waals surface area contributed by atoms with Gasteiger partial charge in [0.1, 0.15) is 0 Å². The zero-order chi connectivity index (χ0) is 13.8. The van der Waals surface area contributed by atoms with Crippen LogP contribution in [-0.4, -0.2) is 41.5 Å². The van der Waals surface area contributed by atoms with Gasteiger partial charge < -0.3 is 9.47 Å². The largest absolute Gasteiger partial charge is 0.376 e. The second-order valence-electron chi connectivity index (χ2n) is 4.26. The lowest BCUT2D eigenvalue weighted by Gasteiger charge is -2.21. The third kappa shape index (κ3) is 3.48. The number of hydrogen-bond acceptors (Lipinski definition) is 6. The van der Waals surface area contributed by atoms with Crippen molar-refractivity contribution in [2.24, 2.45) is 0 Å². The molecule has 0 bridgehead atoms. The molecule has 1 aromatic carbocycles. The molecular formula is C13H14N2O2S3. The summed E-state index contributed by atoms with van der Waals surface area (Å²) >= 11 is 8.58. The molecule has 20 heavy (non-hydrogen) atoms. The molecule has 3 rings (SSSR count). The first-order valence-electron chi connectivity index (χ1n) is 6.30. The van der Waals surface area contributed by atoms with E-state index in [1.165, 1.54) is 11.3 Å². The summed E-state index contributed by atoms with van der Waals surface area (Å²) < 4.78 is 14.5. The van der Waals surface area contributed by atoms with Gasteiger partial charge in [0.15, 0.2) is 8.29 Å². The van der Waals surface area contributed by atoms with Gasteiger partial charge in [0.05, 0.1) is 31.6 Å². The molecule has 0 unspecified atom stereocenters. The van der Waals surface area contributed by atoms with Crippen molar-refractivity contribution < 1.29 is 9.47 Å². The number of para-hydroxylation sites is 1. The molecule has 1 aliphatic heterocycles. The molecule has 7 heteroatoms. The second-order valence-corrected chi connectivity index (χ2v) is 7.15. The van der Waals surface area contributed by atoms with Gasteiger partial charge in [-0.05, 0) is 24.4 Å². The normalized spacial score (nSPS) is 19.1. The third-order valence-electron chi connectivity index (χ3n) is 2.81. The molecular weight excluding hydrogens is 312 g/mol. The summed E-state index contributed by atoms with van der Waals surface area (Å²) in [6, 6.07) is 9.95. The van der Waals surface area contributed by atoms with Crippen LogP contribution in [0.3, 0.4) is 0 Å². The highest BCUT2D eigenvalue weighted by molar-refractivity contribution is 8.01. The smallest absolute Gasteiger partial charge is 0.184 e. The minimum absolute atomic E-state index is 0.149. The molecule has 0 radical (unpaired) electrons. The van der Waals surface area contributed by atoms with Gasteiger partial charge >= 0.3 is 0 Å². The fourth-order valence-corrected chi connectivity index (χ4v) is 4.23. The fraction of sp³-hybridized carbons (Fsp3) is 0.385. The Hall–Kier alpha value is -0.730. The van der Waals surface area contributed by atoms with Crippen LogP contribution in [0.1, 0.15) is 0 Å². The number of aromatic nitrogens is 2. The summed E-state index contributed by atoms with van der Waals surface area (Å²) in [6.07, 6.45) is 0.149. The maximum absolute atomic E-state index is 5.62. The summed E-state index contributed by atoms with van der Waals surface area (Å²) in [5.41, 5.74) is 0.998. The SMILES string of the molecule is S=c1sc(SC[C@H]2COCCO2)nn1-c1ccccc1. The zero-order valence-electron chi connectivity index (χ0n) is 10.7. The molecule has 106 valence electrons. The molecule has 0 N–H and O–H groups in total. The van der Waals surface area contributed by atoms with Crippen LogP contribution >= 0.6 is 35.3 Å². The van der Waals surface area contributed by atoms with E-state index in [0.29, 0.717) is 19.8 Å². The van der Waals surface area contributed by atoms with Gasteiger partial charge in [0, 0.05) is 5.75 Å². The van der Waals surface area contributed by atoms with Crippen LogP contribution in [0.4, 0.5) is 0 Å². The molecule has 0 spiro atoms. The average Bonchev–Trinajstić information content (AvgIpc) is 2.88. The highest BCUT2D eigenvalue weighted by Crippen LogP contribution is 2.25. The van der Waals surface area contributed by atoms with E-state index in [1.54, 1.807) is 16.4 Å². The predicted octanol–water partition coefficient (Wildman–Crippen LogP) is 3.17. The van der Waals surface area contributed by atoms with Gasteiger partial charge in [-0.3, -0.25) is 0 Å². The first-order chi connectivity index (χ1) is 9.83. The van der Waals surface area contributed by atoms with Gasteiger partial charge in [-0.1, -0.05) is 41.3 Å². The van der Waals surface area contributed by atoms with E-state index >= 15 is 0 Å². The third-order valence-corrected chi connectivity index (χ3v) is 5.31. The molecule has 1 aliphatic rings. The lowest BCUT2D eigenvalue weighted by Crippen LogP contribution is -2.30. The molecule has 0 aliphatic carbocycles. The number of rotatable bonds is 4. The number of hydrogen-bond donors (Lipinski definition) is 0. The first kappa shape index (κ1) is 14.2. The Morgan fingerprint density at radius 2 is 2.20 bits per heavy atom. The Balaban J connectivity index is 1.68. The lowest BCUT2D eigenvalue weighted by molar-refractivity contribution is -0.0776. The molecule has 4 nitrogen and oxygen atoms in total. The highest BCUT2D eigenvalue weighted by Gasteiger charge is 2.16. The van der Waals surface area contributed by atoms with E-state index in [4.69, 9.17) is 21.7 Å². The number of thioether (sulfide) groups is 1. The first-order valence-corrected chi connectivity index (χ1v) is 8.52. The van der Waals surface area contributed by atoms with Crippen LogP contribution in [0.25, 0.3) is 5.69 Å². The summed E-state index contributed by atoms with van der Waals surface area (Å²) in [5, 5.41) is 4.56. The van der Waals surface area contributed by atoms with Gasteiger partial charge in [0.2, 0.25) is 0 Å². The van der Waals surface area contributed by atoms with Crippen LogP contribution in [0.15, 0.2) is 34.7 Å². The second kappa shape index (κ2) is 6.82. The molecule has 1 fully saturated rings. The van der Waals surface area contributed by atoms with Crippen molar-refractivity contribution >= 4 is 35.3 Å². The molecule has 0 saturated carbocycles. The van der Waals surface area contributed by atoms with E-state index in [1.807, 2.05) is 30.3 Å².